The van der Waals surface area contributed by atoms with Crippen molar-refractivity contribution in [1.82, 2.24) is 0 Å². The van der Waals surface area contributed by atoms with Crippen molar-refractivity contribution in [2.24, 2.45) is 0 Å². The molecule has 0 aliphatic rings. The Bertz CT molecular complexity index is 744. The molecule has 2 amide bonds. The van der Waals surface area contributed by atoms with Crippen molar-refractivity contribution < 1.29 is 19.1 Å². The van der Waals surface area contributed by atoms with Gasteiger partial charge in [0.2, 0.25) is 0 Å². The summed E-state index contributed by atoms with van der Waals surface area (Å²) in [4.78, 5) is 25.5. The molecule has 138 valence electrons. The number of carbonyl (C=O) groups excluding carboxylic acids is 2. The topological polar surface area (TPSA) is 67.9 Å². The van der Waals surface area contributed by atoms with Crippen LogP contribution < -0.4 is 15.0 Å². The van der Waals surface area contributed by atoms with Crippen LogP contribution >= 0.6 is 0 Å². The molecule has 6 heteroatoms. The maximum absolute atomic E-state index is 12.4. The minimum atomic E-state index is -0.423. The quantitative estimate of drug-likeness (QED) is 0.802. The van der Waals surface area contributed by atoms with Crippen LogP contribution in [0.25, 0.3) is 0 Å². The number of nitrogens with zero attached hydrogens (tertiary/aromatic N) is 1. The molecule has 26 heavy (non-hydrogen) atoms. The number of nitrogens with one attached hydrogen (secondary N) is 1. The van der Waals surface area contributed by atoms with Gasteiger partial charge in [0.05, 0.1) is 13.2 Å². The summed E-state index contributed by atoms with van der Waals surface area (Å²) >= 11 is 0. The summed E-state index contributed by atoms with van der Waals surface area (Å²) in [5.41, 5.74) is 1.83. The van der Waals surface area contributed by atoms with E-state index in [1.807, 2.05) is 13.0 Å². The van der Waals surface area contributed by atoms with Crippen molar-refractivity contribution in [3.63, 3.8) is 0 Å². The van der Waals surface area contributed by atoms with Crippen LogP contribution in [-0.2, 0) is 4.74 Å². The summed E-state index contributed by atoms with van der Waals surface area (Å²) in [6, 6.07) is 14.0. The van der Waals surface area contributed by atoms with Gasteiger partial charge < -0.3 is 14.8 Å². The molecule has 0 unspecified atom stereocenters. The molecule has 0 bridgehead atoms. The number of rotatable bonds is 7. The van der Waals surface area contributed by atoms with E-state index in [4.69, 9.17) is 9.47 Å². The van der Waals surface area contributed by atoms with Gasteiger partial charge in [0, 0.05) is 24.0 Å². The Labute approximate surface area is 153 Å². The first-order chi connectivity index (χ1) is 12.5. The van der Waals surface area contributed by atoms with Crippen LogP contribution in [0.1, 0.15) is 30.6 Å². The third kappa shape index (κ3) is 5.24. The molecule has 0 radical (unpaired) electrons. The SMILES string of the molecule is CCCOc1cccc(C(=O)Nc2ccc(N(C)C(=O)OCC)cc2)c1. The highest BCUT2D eigenvalue weighted by atomic mass is 16.6. The van der Waals surface area contributed by atoms with Crippen molar-refractivity contribution in [3.8, 4) is 5.75 Å². The highest BCUT2D eigenvalue weighted by molar-refractivity contribution is 6.04. The molecule has 0 atom stereocenters. The fraction of sp³-hybridized carbons (Fsp3) is 0.300. The summed E-state index contributed by atoms with van der Waals surface area (Å²) in [6.45, 7) is 4.71. The van der Waals surface area contributed by atoms with Crippen LogP contribution in [0.15, 0.2) is 48.5 Å². The average molecular weight is 356 g/mol. The van der Waals surface area contributed by atoms with Gasteiger partial charge in [0.25, 0.3) is 5.91 Å². The molecule has 2 aromatic carbocycles. The molecule has 0 aromatic heterocycles. The molecule has 0 spiro atoms. The monoisotopic (exact) mass is 356 g/mol. The molecule has 0 saturated carbocycles. The Hall–Kier alpha value is -3.02. The van der Waals surface area contributed by atoms with E-state index in [2.05, 4.69) is 5.32 Å². The lowest BCUT2D eigenvalue weighted by atomic mass is 10.2. The highest BCUT2D eigenvalue weighted by Crippen LogP contribution is 2.19. The van der Waals surface area contributed by atoms with Gasteiger partial charge in [-0.25, -0.2) is 4.79 Å². The molecule has 0 aliphatic heterocycles. The molecule has 0 saturated heterocycles. The van der Waals surface area contributed by atoms with Crippen LogP contribution in [0.5, 0.6) is 5.75 Å². The van der Waals surface area contributed by atoms with E-state index in [-0.39, 0.29) is 5.91 Å². The second kappa shape index (κ2) is 9.46. The Kier molecular flexibility index (Phi) is 7.02. The zero-order valence-electron chi connectivity index (χ0n) is 15.3. The zero-order valence-corrected chi connectivity index (χ0v) is 15.3. The first-order valence-corrected chi connectivity index (χ1v) is 8.60. The van der Waals surface area contributed by atoms with Crippen molar-refractivity contribution in [3.05, 3.63) is 54.1 Å². The molecule has 0 heterocycles. The Balaban J connectivity index is 2.02. The molecule has 2 aromatic rings. The van der Waals surface area contributed by atoms with E-state index in [0.717, 1.165) is 6.42 Å². The molecular weight excluding hydrogens is 332 g/mol. The number of hydrogen-bond donors (Lipinski definition) is 1. The minimum absolute atomic E-state index is 0.224. The van der Waals surface area contributed by atoms with Gasteiger partial charge in [0.1, 0.15) is 5.75 Å². The number of amides is 2. The van der Waals surface area contributed by atoms with Crippen LogP contribution in [0, 0.1) is 0 Å². The summed E-state index contributed by atoms with van der Waals surface area (Å²) in [5.74, 6) is 0.448. The van der Waals surface area contributed by atoms with E-state index >= 15 is 0 Å². The summed E-state index contributed by atoms with van der Waals surface area (Å²) in [5, 5.41) is 2.83. The van der Waals surface area contributed by atoms with Gasteiger partial charge >= 0.3 is 6.09 Å². The maximum atomic E-state index is 12.4. The molecule has 0 aliphatic carbocycles. The lowest BCUT2D eigenvalue weighted by Gasteiger charge is -2.17. The van der Waals surface area contributed by atoms with Crippen molar-refractivity contribution >= 4 is 23.4 Å². The lowest BCUT2D eigenvalue weighted by molar-refractivity contribution is 0.102. The largest absolute Gasteiger partial charge is 0.494 e. The fourth-order valence-electron chi connectivity index (χ4n) is 2.24. The zero-order chi connectivity index (χ0) is 18.9. The van der Waals surface area contributed by atoms with Gasteiger partial charge in [0.15, 0.2) is 0 Å². The predicted molar refractivity (Wildman–Crippen MR) is 102 cm³/mol. The second-order valence-corrected chi connectivity index (χ2v) is 5.64. The third-order valence-electron chi connectivity index (χ3n) is 3.62. The van der Waals surface area contributed by atoms with E-state index in [1.165, 1.54) is 4.90 Å². The van der Waals surface area contributed by atoms with Crippen LogP contribution in [-0.4, -0.2) is 32.3 Å². The van der Waals surface area contributed by atoms with Gasteiger partial charge in [-0.1, -0.05) is 13.0 Å². The molecular formula is C20H24N2O4. The van der Waals surface area contributed by atoms with Crippen LogP contribution in [0.2, 0.25) is 0 Å². The average Bonchev–Trinajstić information content (AvgIpc) is 2.66. The molecule has 2 rings (SSSR count). The number of hydrogen-bond acceptors (Lipinski definition) is 4. The smallest absolute Gasteiger partial charge is 0.413 e. The second-order valence-electron chi connectivity index (χ2n) is 5.64. The van der Waals surface area contributed by atoms with E-state index in [9.17, 15) is 9.59 Å². The summed E-state index contributed by atoms with van der Waals surface area (Å²) < 4.78 is 10.5. The maximum Gasteiger partial charge on any atom is 0.413 e. The number of anilines is 2. The number of carbonyl (C=O) groups is 2. The standard InChI is InChI=1S/C20H24N2O4/c1-4-13-26-18-8-6-7-15(14-18)19(23)21-16-9-11-17(12-10-16)22(3)20(24)25-5-2/h6-12,14H,4-5,13H2,1-3H3,(H,21,23). The lowest BCUT2D eigenvalue weighted by Crippen LogP contribution is -2.26. The van der Waals surface area contributed by atoms with Crippen molar-refractivity contribution in [2.45, 2.75) is 20.3 Å². The Morgan fingerprint density at radius 2 is 1.81 bits per heavy atom. The number of benzene rings is 2. The summed E-state index contributed by atoms with van der Waals surface area (Å²) in [7, 11) is 1.63. The van der Waals surface area contributed by atoms with Crippen LogP contribution in [0.3, 0.4) is 0 Å². The van der Waals surface area contributed by atoms with Gasteiger partial charge in [-0.15, -0.1) is 0 Å². The van der Waals surface area contributed by atoms with Gasteiger partial charge in [-0.2, -0.15) is 0 Å². The first kappa shape index (κ1) is 19.3. The number of ether oxygens (including phenoxy) is 2. The van der Waals surface area contributed by atoms with Crippen LogP contribution in [0.4, 0.5) is 16.2 Å². The summed E-state index contributed by atoms with van der Waals surface area (Å²) in [6.07, 6.45) is 0.483. The van der Waals surface area contributed by atoms with E-state index < -0.39 is 6.09 Å². The Morgan fingerprint density at radius 3 is 2.46 bits per heavy atom. The normalized spacial score (nSPS) is 10.1. The minimum Gasteiger partial charge on any atom is -0.494 e. The fourth-order valence-corrected chi connectivity index (χ4v) is 2.24. The Morgan fingerprint density at radius 1 is 1.08 bits per heavy atom. The van der Waals surface area contributed by atoms with Crippen molar-refractivity contribution in [2.75, 3.05) is 30.5 Å². The third-order valence-corrected chi connectivity index (χ3v) is 3.62. The molecule has 6 nitrogen and oxygen atoms in total. The van der Waals surface area contributed by atoms with Crippen molar-refractivity contribution in [1.29, 1.82) is 0 Å². The van der Waals surface area contributed by atoms with Gasteiger partial charge in [-0.05, 0) is 55.8 Å². The van der Waals surface area contributed by atoms with E-state index in [0.29, 0.717) is 35.9 Å². The first-order valence-electron chi connectivity index (χ1n) is 8.60. The molecule has 0 fully saturated rings. The van der Waals surface area contributed by atoms with E-state index in [1.54, 1.807) is 56.4 Å². The molecule has 1 N–H and O–H groups in total. The van der Waals surface area contributed by atoms with Gasteiger partial charge in [-0.3, -0.25) is 9.69 Å². The highest BCUT2D eigenvalue weighted by Gasteiger charge is 2.12. The predicted octanol–water partition coefficient (Wildman–Crippen LogP) is 4.32.